The monoisotopic (exact) mass is 501 g/mol. The van der Waals surface area contributed by atoms with Gasteiger partial charge in [0.05, 0.1) is 11.9 Å². The molecule has 1 atom stereocenters. The smallest absolute Gasteiger partial charge is 0.161 e. The summed E-state index contributed by atoms with van der Waals surface area (Å²) in [7, 11) is 3.91. The van der Waals surface area contributed by atoms with Crippen LogP contribution in [-0.2, 0) is 10.2 Å². The summed E-state index contributed by atoms with van der Waals surface area (Å²) in [5.74, 6) is 1.56. The maximum atomic E-state index is 10.0. The molecule has 0 amide bonds. The van der Waals surface area contributed by atoms with Crippen LogP contribution in [0.3, 0.4) is 0 Å². The number of anilines is 1. The lowest BCUT2D eigenvalue weighted by Gasteiger charge is -2.33. The predicted octanol–water partition coefficient (Wildman–Crippen LogP) is 3.92. The van der Waals surface area contributed by atoms with Gasteiger partial charge in [-0.15, -0.1) is 0 Å². The van der Waals surface area contributed by atoms with Crippen molar-refractivity contribution in [3.8, 4) is 17.0 Å². The molecule has 1 fully saturated rings. The molecule has 1 aromatic carbocycles. The molecule has 35 heavy (non-hydrogen) atoms. The van der Waals surface area contributed by atoms with Crippen molar-refractivity contribution in [1.29, 1.82) is 0 Å². The van der Waals surface area contributed by atoms with Crippen LogP contribution in [0.25, 0.3) is 16.9 Å². The topological polar surface area (TPSA) is 84.1 Å². The Morgan fingerprint density at radius 2 is 2.00 bits per heavy atom. The summed E-state index contributed by atoms with van der Waals surface area (Å²) in [6.07, 6.45) is 3.24. The molecule has 3 heterocycles. The van der Waals surface area contributed by atoms with Crippen molar-refractivity contribution in [3.63, 3.8) is 0 Å². The highest BCUT2D eigenvalue weighted by molar-refractivity contribution is 6.31. The van der Waals surface area contributed by atoms with E-state index in [1.165, 1.54) is 0 Å². The second-order valence-electron chi connectivity index (χ2n) is 10.2. The van der Waals surface area contributed by atoms with E-state index in [9.17, 15) is 5.11 Å². The molecule has 8 nitrogen and oxygen atoms in total. The summed E-state index contributed by atoms with van der Waals surface area (Å²) in [6.45, 7) is 8.64. The third-order valence-electron chi connectivity index (χ3n) is 6.41. The van der Waals surface area contributed by atoms with E-state index in [-0.39, 0.29) is 12.0 Å². The Morgan fingerprint density at radius 1 is 1.26 bits per heavy atom. The Kier molecular flexibility index (Phi) is 7.86. The van der Waals surface area contributed by atoms with Crippen molar-refractivity contribution in [2.45, 2.75) is 51.2 Å². The fraction of sp³-hybridized carbons (Fsp3) is 0.538. The number of likely N-dealkylation sites (N-methyl/N-ethyl adjacent to an activating group) is 1. The number of benzene rings is 1. The second kappa shape index (κ2) is 10.7. The van der Waals surface area contributed by atoms with Crippen molar-refractivity contribution in [1.82, 2.24) is 19.9 Å². The van der Waals surface area contributed by atoms with Gasteiger partial charge in [0.25, 0.3) is 0 Å². The summed E-state index contributed by atoms with van der Waals surface area (Å²) >= 11 is 6.48. The Hall–Kier alpha value is -2.39. The average Bonchev–Trinajstić information content (AvgIpc) is 3.27. The normalized spacial score (nSPS) is 16.0. The summed E-state index contributed by atoms with van der Waals surface area (Å²) in [4.78, 5) is 7.33. The molecule has 0 aliphatic carbocycles. The van der Waals surface area contributed by atoms with Crippen molar-refractivity contribution < 1.29 is 14.6 Å². The first kappa shape index (κ1) is 25.7. The van der Waals surface area contributed by atoms with Crippen LogP contribution in [0.4, 0.5) is 5.82 Å². The number of hydrogen-bond donors (Lipinski definition) is 2. The number of nitrogens with zero attached hydrogens (tertiary/aromatic N) is 4. The van der Waals surface area contributed by atoms with Crippen molar-refractivity contribution in [2.24, 2.45) is 0 Å². The first-order chi connectivity index (χ1) is 16.7. The average molecular weight is 502 g/mol. The molecule has 0 radical (unpaired) electrons. The van der Waals surface area contributed by atoms with E-state index in [1.54, 1.807) is 13.1 Å². The molecule has 2 N–H and O–H groups in total. The number of rotatable bonds is 8. The second-order valence-corrected chi connectivity index (χ2v) is 10.6. The SMILES string of the molecule is CNCC(O)COc1cc(Cl)cc(-c2cc(N(C)C3CCOCC3)n3ncc(C(C)(C)C)c3n2)c1. The Bertz CT molecular complexity index is 1150. The van der Waals surface area contributed by atoms with Crippen LogP contribution in [0, 0.1) is 0 Å². The number of hydrogen-bond acceptors (Lipinski definition) is 7. The van der Waals surface area contributed by atoms with E-state index >= 15 is 0 Å². The van der Waals surface area contributed by atoms with E-state index in [0.29, 0.717) is 23.4 Å². The van der Waals surface area contributed by atoms with E-state index in [4.69, 9.17) is 31.2 Å². The fourth-order valence-electron chi connectivity index (χ4n) is 4.42. The fourth-order valence-corrected chi connectivity index (χ4v) is 4.64. The van der Waals surface area contributed by atoms with Crippen molar-refractivity contribution >= 4 is 23.1 Å². The van der Waals surface area contributed by atoms with Crippen molar-refractivity contribution in [3.05, 3.63) is 41.0 Å². The quantitative estimate of drug-likeness (QED) is 0.484. The van der Waals surface area contributed by atoms with Gasteiger partial charge in [0.1, 0.15) is 24.3 Å². The number of fused-ring (bicyclic) bond motifs is 1. The van der Waals surface area contributed by atoms with Gasteiger partial charge in [0.2, 0.25) is 0 Å². The number of nitrogens with one attached hydrogen (secondary N) is 1. The minimum absolute atomic E-state index is 0.117. The Morgan fingerprint density at radius 3 is 2.69 bits per heavy atom. The number of aromatic nitrogens is 3. The van der Waals surface area contributed by atoms with E-state index in [2.05, 4.69) is 44.1 Å². The lowest BCUT2D eigenvalue weighted by atomic mass is 9.89. The highest BCUT2D eigenvalue weighted by Crippen LogP contribution is 2.34. The van der Waals surface area contributed by atoms with Gasteiger partial charge in [-0.1, -0.05) is 32.4 Å². The molecular formula is C26H36ClN5O3. The summed E-state index contributed by atoms with van der Waals surface area (Å²) in [5.41, 5.74) is 3.43. The molecule has 1 unspecified atom stereocenters. The summed E-state index contributed by atoms with van der Waals surface area (Å²) < 4.78 is 13.4. The van der Waals surface area contributed by atoms with Gasteiger partial charge < -0.3 is 24.8 Å². The van der Waals surface area contributed by atoms with Gasteiger partial charge in [-0.3, -0.25) is 0 Å². The number of aliphatic hydroxyl groups is 1. The van der Waals surface area contributed by atoms with Gasteiger partial charge >= 0.3 is 0 Å². The number of halogens is 1. The third-order valence-corrected chi connectivity index (χ3v) is 6.63. The van der Waals surface area contributed by atoms with Crippen molar-refractivity contribution in [2.75, 3.05) is 45.4 Å². The highest BCUT2D eigenvalue weighted by atomic mass is 35.5. The first-order valence-corrected chi connectivity index (χ1v) is 12.5. The molecule has 0 spiro atoms. The molecule has 1 aliphatic rings. The van der Waals surface area contributed by atoms with E-state index in [1.807, 2.05) is 22.8 Å². The maximum absolute atomic E-state index is 10.0. The van der Waals surface area contributed by atoms with Crippen LogP contribution in [0.15, 0.2) is 30.5 Å². The molecule has 4 rings (SSSR count). The molecule has 1 saturated heterocycles. The minimum Gasteiger partial charge on any atom is -0.491 e. The van der Waals surface area contributed by atoms with Crippen LogP contribution in [0.5, 0.6) is 5.75 Å². The van der Waals surface area contributed by atoms with Gasteiger partial charge in [-0.05, 0) is 43.5 Å². The van der Waals surface area contributed by atoms with Crippen LogP contribution in [0.2, 0.25) is 5.02 Å². The molecule has 9 heteroatoms. The third kappa shape index (κ3) is 5.89. The van der Waals surface area contributed by atoms with Gasteiger partial charge in [0.15, 0.2) is 5.65 Å². The van der Waals surface area contributed by atoms with E-state index in [0.717, 1.165) is 54.3 Å². The first-order valence-electron chi connectivity index (χ1n) is 12.1. The number of aliphatic hydroxyl groups excluding tert-OH is 1. The standard InChI is InChI=1S/C26H36ClN5O3/c1-26(2,3)22-15-29-32-24(31(5)19-6-8-34-9-7-19)13-23(30-25(22)32)17-10-18(27)12-21(11-17)35-16-20(33)14-28-4/h10-13,15,19-20,28,33H,6-9,14,16H2,1-5H3. The lowest BCUT2D eigenvalue weighted by Crippen LogP contribution is -2.37. The van der Waals surface area contributed by atoms with Crippen LogP contribution in [0.1, 0.15) is 39.2 Å². The Labute approximate surface area is 212 Å². The molecule has 1 aliphatic heterocycles. The van der Waals surface area contributed by atoms with E-state index < -0.39 is 6.10 Å². The Balaban J connectivity index is 1.78. The zero-order valence-corrected chi connectivity index (χ0v) is 22.0. The molecule has 3 aromatic rings. The minimum atomic E-state index is -0.613. The van der Waals surface area contributed by atoms with Crippen LogP contribution < -0.4 is 15.0 Å². The van der Waals surface area contributed by atoms with Gasteiger partial charge in [0, 0.05) is 55.1 Å². The highest BCUT2D eigenvalue weighted by Gasteiger charge is 2.26. The van der Waals surface area contributed by atoms with Gasteiger partial charge in [-0.25, -0.2) is 4.98 Å². The number of ether oxygens (including phenoxy) is 2. The maximum Gasteiger partial charge on any atom is 0.161 e. The van der Waals surface area contributed by atoms with Crippen LogP contribution >= 0.6 is 11.6 Å². The molecule has 0 bridgehead atoms. The molecular weight excluding hydrogens is 466 g/mol. The summed E-state index contributed by atoms with van der Waals surface area (Å²) in [5, 5.41) is 18.3. The summed E-state index contributed by atoms with van der Waals surface area (Å²) in [6, 6.07) is 7.98. The van der Waals surface area contributed by atoms with Crippen LogP contribution in [-0.4, -0.2) is 72.3 Å². The predicted molar refractivity (Wildman–Crippen MR) is 140 cm³/mol. The molecule has 0 saturated carbocycles. The van der Waals surface area contributed by atoms with Gasteiger partial charge in [-0.2, -0.15) is 9.61 Å². The largest absolute Gasteiger partial charge is 0.491 e. The molecule has 2 aromatic heterocycles. The zero-order chi connectivity index (χ0) is 25.2. The zero-order valence-electron chi connectivity index (χ0n) is 21.2. The lowest BCUT2D eigenvalue weighted by molar-refractivity contribution is 0.0853. The molecule has 190 valence electrons.